The summed E-state index contributed by atoms with van der Waals surface area (Å²) in [5.74, 6) is -1.20. The van der Waals surface area contributed by atoms with Crippen molar-refractivity contribution in [3.8, 4) is 0 Å². The van der Waals surface area contributed by atoms with Crippen LogP contribution in [-0.2, 0) is 31.5 Å². The van der Waals surface area contributed by atoms with Crippen LogP contribution in [0.5, 0.6) is 0 Å². The molecule has 0 aliphatic carbocycles. The molecule has 0 atom stereocenters. The Kier molecular flexibility index (Phi) is 7.28. The van der Waals surface area contributed by atoms with Gasteiger partial charge in [-0.1, -0.05) is 39.0 Å². The average molecular weight is 222 g/mol. The fourth-order valence-electron chi connectivity index (χ4n) is 1.26. The van der Waals surface area contributed by atoms with Crippen LogP contribution in [0.15, 0.2) is 0 Å². The minimum absolute atomic E-state index is 0. The van der Waals surface area contributed by atoms with Crippen molar-refractivity contribution in [3.63, 3.8) is 0 Å². The smallest absolute Gasteiger partial charge is 0.337 e. The topological polar surface area (TPSA) is 45.3 Å². The van der Waals surface area contributed by atoms with Crippen molar-refractivity contribution < 1.29 is 36.6 Å². The van der Waals surface area contributed by atoms with Gasteiger partial charge >= 0.3 is 5.97 Å². The number of aliphatic hydroxyl groups is 1. The second-order valence-corrected chi connectivity index (χ2v) is 3.40. The summed E-state index contributed by atoms with van der Waals surface area (Å²) in [7, 11) is 0. The number of unbranched alkanes of at least 4 members (excludes halogenated alkanes) is 5. The normalized spacial score (nSPS) is 18.0. The third-order valence-corrected chi connectivity index (χ3v) is 2.12. The molecule has 0 aromatic carbocycles. The van der Waals surface area contributed by atoms with Crippen LogP contribution >= 0.6 is 0 Å². The van der Waals surface area contributed by atoms with Gasteiger partial charge in [0.2, 0.25) is 0 Å². The van der Waals surface area contributed by atoms with E-state index >= 15 is 0 Å². The van der Waals surface area contributed by atoms with Crippen molar-refractivity contribution in [2.75, 3.05) is 0 Å². The van der Waals surface area contributed by atoms with Gasteiger partial charge in [0.15, 0.2) is 0 Å². The van der Waals surface area contributed by atoms with E-state index in [1.807, 2.05) is 0 Å². The van der Waals surface area contributed by atoms with Gasteiger partial charge in [0.25, 0.3) is 0 Å². The molecule has 1 rings (SSSR count). The molecule has 1 heterocycles. The Labute approximate surface area is 94.6 Å². The largest absolute Gasteiger partial charge is 0.340 e. The number of hydrogen-bond donors (Lipinski definition) is 1. The summed E-state index contributed by atoms with van der Waals surface area (Å²) in [5.41, 5.74) is 0. The predicted molar refractivity (Wildman–Crippen MR) is 45.1 cm³/mol. The summed E-state index contributed by atoms with van der Waals surface area (Å²) in [4.78, 5) is 8.76. The standard InChI is InChI=1S/C9H18O3.Ti/c1-2-3-4-5-6-7-8-9(10)11-12-9;/h10H,2-8H2,1H3;. The first-order chi connectivity index (χ1) is 5.77. The van der Waals surface area contributed by atoms with Gasteiger partial charge in [-0.15, -0.1) is 0 Å². The second-order valence-electron chi connectivity index (χ2n) is 3.40. The first-order valence-electron chi connectivity index (χ1n) is 4.86. The summed E-state index contributed by atoms with van der Waals surface area (Å²) >= 11 is 0. The van der Waals surface area contributed by atoms with E-state index in [2.05, 4.69) is 16.7 Å². The molecular formula is C9H18O3Ti. The summed E-state index contributed by atoms with van der Waals surface area (Å²) in [5, 5.41) is 9.09. The summed E-state index contributed by atoms with van der Waals surface area (Å²) < 4.78 is 0. The Hall–Kier alpha value is 0.594. The van der Waals surface area contributed by atoms with Crippen LogP contribution in [0.1, 0.15) is 51.9 Å². The maximum atomic E-state index is 9.09. The Balaban J connectivity index is 0.00000144. The molecule has 1 N–H and O–H groups in total. The Morgan fingerprint density at radius 1 is 1.00 bits per heavy atom. The van der Waals surface area contributed by atoms with Crippen molar-refractivity contribution in [2.45, 2.75) is 57.8 Å². The van der Waals surface area contributed by atoms with Gasteiger partial charge in [-0.25, -0.2) is 0 Å². The van der Waals surface area contributed by atoms with Crippen LogP contribution in [0.3, 0.4) is 0 Å². The molecule has 0 saturated carbocycles. The molecule has 0 aromatic rings. The molecule has 4 heteroatoms. The van der Waals surface area contributed by atoms with Crippen molar-refractivity contribution in [1.82, 2.24) is 0 Å². The molecule has 1 aliphatic rings. The molecule has 3 nitrogen and oxygen atoms in total. The van der Waals surface area contributed by atoms with Gasteiger partial charge < -0.3 is 5.11 Å². The molecular weight excluding hydrogens is 204 g/mol. The van der Waals surface area contributed by atoms with Gasteiger partial charge in [-0.3, -0.25) is 0 Å². The average Bonchev–Trinajstić information content (AvgIpc) is 2.77. The third kappa shape index (κ3) is 6.64. The van der Waals surface area contributed by atoms with Gasteiger partial charge in [-0.05, 0) is 6.42 Å². The molecule has 0 amide bonds. The molecule has 0 unspecified atom stereocenters. The van der Waals surface area contributed by atoms with Crippen molar-refractivity contribution in [2.24, 2.45) is 0 Å². The van der Waals surface area contributed by atoms with Crippen LogP contribution in [0.25, 0.3) is 0 Å². The van der Waals surface area contributed by atoms with E-state index in [4.69, 9.17) is 5.11 Å². The van der Waals surface area contributed by atoms with E-state index in [0.717, 1.165) is 12.8 Å². The molecule has 76 valence electrons. The molecule has 13 heavy (non-hydrogen) atoms. The van der Waals surface area contributed by atoms with Crippen molar-refractivity contribution in [1.29, 1.82) is 0 Å². The minimum atomic E-state index is -1.20. The van der Waals surface area contributed by atoms with Crippen LogP contribution in [0.2, 0.25) is 0 Å². The van der Waals surface area contributed by atoms with Gasteiger partial charge in [0, 0.05) is 28.1 Å². The molecule has 1 fully saturated rings. The fraction of sp³-hybridized carbons (Fsp3) is 1.00. The Morgan fingerprint density at radius 3 is 2.08 bits per heavy atom. The second kappa shape index (κ2) is 6.96. The summed E-state index contributed by atoms with van der Waals surface area (Å²) in [6.45, 7) is 2.20. The zero-order valence-electron chi connectivity index (χ0n) is 8.21. The molecule has 0 radical (unpaired) electrons. The minimum Gasteiger partial charge on any atom is -0.340 e. The molecule has 0 bridgehead atoms. The SMILES string of the molecule is CCCCCCCCC1(O)OO1.[Ti]. The van der Waals surface area contributed by atoms with E-state index in [-0.39, 0.29) is 21.7 Å². The molecule has 1 saturated heterocycles. The van der Waals surface area contributed by atoms with E-state index in [0.29, 0.717) is 6.42 Å². The van der Waals surface area contributed by atoms with Crippen molar-refractivity contribution >= 4 is 0 Å². The van der Waals surface area contributed by atoms with Crippen LogP contribution in [-0.4, -0.2) is 11.1 Å². The summed E-state index contributed by atoms with van der Waals surface area (Å²) in [6, 6.07) is 0. The van der Waals surface area contributed by atoms with E-state index in [1.165, 1.54) is 25.7 Å². The third-order valence-electron chi connectivity index (χ3n) is 2.12. The zero-order valence-corrected chi connectivity index (χ0v) is 9.78. The van der Waals surface area contributed by atoms with Crippen molar-refractivity contribution in [3.05, 3.63) is 0 Å². The Bertz CT molecular complexity index is 126. The molecule has 0 aromatic heterocycles. The van der Waals surface area contributed by atoms with Gasteiger partial charge in [0.1, 0.15) is 0 Å². The predicted octanol–water partition coefficient (Wildman–Crippen LogP) is 2.34. The van der Waals surface area contributed by atoms with Gasteiger partial charge in [0.05, 0.1) is 0 Å². The van der Waals surface area contributed by atoms with Gasteiger partial charge in [-0.2, -0.15) is 9.78 Å². The fourth-order valence-corrected chi connectivity index (χ4v) is 1.26. The number of rotatable bonds is 7. The first-order valence-corrected chi connectivity index (χ1v) is 4.86. The quantitative estimate of drug-likeness (QED) is 0.311. The molecule has 0 spiro atoms. The van der Waals surface area contributed by atoms with E-state index in [9.17, 15) is 0 Å². The van der Waals surface area contributed by atoms with Crippen LogP contribution < -0.4 is 0 Å². The zero-order chi connectivity index (χ0) is 8.86. The maximum absolute atomic E-state index is 9.09. The first kappa shape index (κ1) is 13.6. The maximum Gasteiger partial charge on any atom is 0.337 e. The summed E-state index contributed by atoms with van der Waals surface area (Å²) in [6.07, 6.45) is 7.91. The van der Waals surface area contributed by atoms with E-state index in [1.54, 1.807) is 0 Å². The van der Waals surface area contributed by atoms with Crippen LogP contribution in [0.4, 0.5) is 0 Å². The molecule has 1 aliphatic heterocycles. The monoisotopic (exact) mass is 222 g/mol. The number of hydrogen-bond acceptors (Lipinski definition) is 3. The Morgan fingerprint density at radius 2 is 1.54 bits per heavy atom. The van der Waals surface area contributed by atoms with Crippen LogP contribution in [0, 0.1) is 0 Å². The van der Waals surface area contributed by atoms with E-state index < -0.39 is 5.97 Å².